The molecule has 140 valence electrons. The summed E-state index contributed by atoms with van der Waals surface area (Å²) < 4.78 is 31.4. The summed E-state index contributed by atoms with van der Waals surface area (Å²) in [4.78, 5) is 14.3. The third-order valence-electron chi connectivity index (χ3n) is 3.97. The number of non-ortho nitro benzene ring substituents is 1. The first-order valence-electron chi connectivity index (χ1n) is 7.88. The molecule has 0 bridgehead atoms. The highest BCUT2D eigenvalue weighted by Crippen LogP contribution is 2.22. The van der Waals surface area contributed by atoms with Crippen LogP contribution in [0.4, 0.5) is 5.69 Å². The summed E-state index contributed by atoms with van der Waals surface area (Å²) in [7, 11) is -2.49. The van der Waals surface area contributed by atoms with Crippen molar-refractivity contribution >= 4 is 15.7 Å². The predicted octanol–water partition coefficient (Wildman–Crippen LogP) is 2.77. The van der Waals surface area contributed by atoms with Gasteiger partial charge in [-0.05, 0) is 24.6 Å². The molecule has 0 spiro atoms. The maximum atomic E-state index is 12.6. The Labute approximate surface area is 155 Å². The Hall–Kier alpha value is -3.11. The highest BCUT2D eigenvalue weighted by Gasteiger charge is 2.24. The highest BCUT2D eigenvalue weighted by atomic mass is 32.2. The molecule has 0 saturated carbocycles. The zero-order valence-electron chi connectivity index (χ0n) is 14.6. The predicted molar refractivity (Wildman–Crippen MR) is 96.2 cm³/mol. The van der Waals surface area contributed by atoms with Crippen molar-refractivity contribution in [2.75, 3.05) is 7.05 Å². The molecule has 1 aromatic heterocycles. The summed E-state index contributed by atoms with van der Waals surface area (Å²) in [6, 6.07) is 12.2. The normalized spacial score (nSPS) is 11.7. The van der Waals surface area contributed by atoms with Crippen molar-refractivity contribution < 1.29 is 17.9 Å². The van der Waals surface area contributed by atoms with Crippen molar-refractivity contribution in [2.45, 2.75) is 18.4 Å². The first-order chi connectivity index (χ1) is 12.8. The van der Waals surface area contributed by atoms with Crippen LogP contribution in [-0.4, -0.2) is 34.8 Å². The number of benzene rings is 2. The van der Waals surface area contributed by atoms with Crippen LogP contribution < -0.4 is 0 Å². The second-order valence-electron chi connectivity index (χ2n) is 5.84. The van der Waals surface area contributed by atoms with E-state index in [-0.39, 0.29) is 23.0 Å². The lowest BCUT2D eigenvalue weighted by Gasteiger charge is -2.14. The number of hydrogen-bond donors (Lipinski definition) is 0. The first-order valence-corrected chi connectivity index (χ1v) is 9.32. The van der Waals surface area contributed by atoms with E-state index in [1.54, 1.807) is 0 Å². The molecule has 0 aliphatic carbocycles. The van der Waals surface area contributed by atoms with Gasteiger partial charge in [0.2, 0.25) is 21.7 Å². The van der Waals surface area contributed by atoms with E-state index in [0.29, 0.717) is 5.82 Å². The van der Waals surface area contributed by atoms with Crippen molar-refractivity contribution in [1.82, 2.24) is 14.4 Å². The molecule has 0 unspecified atom stereocenters. The summed E-state index contributed by atoms with van der Waals surface area (Å²) in [6.45, 7) is 1.79. The van der Waals surface area contributed by atoms with Gasteiger partial charge in [0.25, 0.3) is 5.69 Å². The number of aromatic nitrogens is 2. The molecule has 9 nitrogen and oxygen atoms in total. The number of nitro groups is 1. The lowest BCUT2D eigenvalue weighted by atomic mass is 10.1. The maximum absolute atomic E-state index is 12.6. The minimum Gasteiger partial charge on any atom is -0.338 e. The SMILES string of the molecule is Cc1ccccc1-c1noc(CN(C)S(=O)(=O)c2ccc([N+](=O)[O-])cc2)n1. The summed E-state index contributed by atoms with van der Waals surface area (Å²) in [6.07, 6.45) is 0. The molecular weight excluding hydrogens is 372 g/mol. The lowest BCUT2D eigenvalue weighted by molar-refractivity contribution is -0.384. The molecule has 0 amide bonds. The van der Waals surface area contributed by atoms with E-state index < -0.39 is 14.9 Å². The minimum atomic E-state index is -3.86. The number of nitro benzene ring substituents is 1. The molecule has 1 heterocycles. The first kappa shape index (κ1) is 18.7. The van der Waals surface area contributed by atoms with Gasteiger partial charge in [0, 0.05) is 24.7 Å². The minimum absolute atomic E-state index is 0.0609. The van der Waals surface area contributed by atoms with E-state index in [0.717, 1.165) is 27.6 Å². The summed E-state index contributed by atoms with van der Waals surface area (Å²) in [5.41, 5.74) is 1.58. The lowest BCUT2D eigenvalue weighted by Crippen LogP contribution is -2.26. The van der Waals surface area contributed by atoms with E-state index >= 15 is 0 Å². The van der Waals surface area contributed by atoms with Crippen molar-refractivity contribution in [1.29, 1.82) is 0 Å². The fourth-order valence-corrected chi connectivity index (χ4v) is 3.57. The number of sulfonamides is 1. The second kappa shape index (κ2) is 7.25. The summed E-state index contributed by atoms with van der Waals surface area (Å²) in [5, 5.41) is 14.6. The quantitative estimate of drug-likeness (QED) is 0.470. The smallest absolute Gasteiger partial charge is 0.269 e. The highest BCUT2D eigenvalue weighted by molar-refractivity contribution is 7.89. The van der Waals surface area contributed by atoms with Crippen molar-refractivity contribution in [2.24, 2.45) is 0 Å². The fraction of sp³-hybridized carbons (Fsp3) is 0.176. The van der Waals surface area contributed by atoms with Crippen molar-refractivity contribution in [3.8, 4) is 11.4 Å². The molecule has 0 aliphatic heterocycles. The number of hydrogen-bond acceptors (Lipinski definition) is 7. The standard InChI is InChI=1S/C17H16N4O5S/c1-12-5-3-4-6-15(12)17-18-16(26-19-17)11-20(2)27(24,25)14-9-7-13(8-10-14)21(22)23/h3-10H,11H2,1-2H3. The van der Waals surface area contributed by atoms with Crippen LogP contribution in [0.25, 0.3) is 11.4 Å². The van der Waals surface area contributed by atoms with Gasteiger partial charge < -0.3 is 4.52 Å². The second-order valence-corrected chi connectivity index (χ2v) is 7.88. The number of aryl methyl sites for hydroxylation is 1. The number of rotatable bonds is 6. The van der Waals surface area contributed by atoms with Gasteiger partial charge in [-0.15, -0.1) is 0 Å². The fourth-order valence-electron chi connectivity index (χ4n) is 2.45. The molecule has 3 rings (SSSR count). The molecular formula is C17H16N4O5S. The van der Waals surface area contributed by atoms with Crippen LogP contribution in [0.5, 0.6) is 0 Å². The largest absolute Gasteiger partial charge is 0.338 e. The van der Waals surface area contributed by atoms with Gasteiger partial charge >= 0.3 is 0 Å². The van der Waals surface area contributed by atoms with E-state index in [2.05, 4.69) is 10.1 Å². The molecule has 0 atom stereocenters. The van der Waals surface area contributed by atoms with Crippen LogP contribution in [-0.2, 0) is 16.6 Å². The molecule has 3 aromatic rings. The van der Waals surface area contributed by atoms with E-state index in [1.165, 1.54) is 19.2 Å². The Bertz CT molecular complexity index is 1080. The van der Waals surface area contributed by atoms with Gasteiger partial charge in [0.05, 0.1) is 16.4 Å². The monoisotopic (exact) mass is 388 g/mol. The molecule has 0 fully saturated rings. The van der Waals surface area contributed by atoms with Crippen LogP contribution in [0.2, 0.25) is 0 Å². The average Bonchev–Trinajstić information content (AvgIpc) is 3.10. The Morgan fingerprint density at radius 1 is 1.15 bits per heavy atom. The topological polar surface area (TPSA) is 119 Å². The molecule has 0 radical (unpaired) electrons. The number of nitrogens with zero attached hydrogens (tertiary/aromatic N) is 4. The molecule has 10 heteroatoms. The van der Waals surface area contributed by atoms with Crippen LogP contribution in [0.15, 0.2) is 57.9 Å². The van der Waals surface area contributed by atoms with Gasteiger partial charge in [-0.3, -0.25) is 10.1 Å². The van der Waals surface area contributed by atoms with E-state index in [1.807, 2.05) is 31.2 Å². The Morgan fingerprint density at radius 3 is 2.44 bits per heavy atom. The van der Waals surface area contributed by atoms with Gasteiger partial charge in [0.15, 0.2) is 0 Å². The van der Waals surface area contributed by atoms with Crippen LogP contribution >= 0.6 is 0 Å². The van der Waals surface area contributed by atoms with Gasteiger partial charge in [-0.25, -0.2) is 8.42 Å². The third kappa shape index (κ3) is 3.86. The van der Waals surface area contributed by atoms with Gasteiger partial charge in [-0.1, -0.05) is 29.4 Å². The van der Waals surface area contributed by atoms with E-state index in [9.17, 15) is 18.5 Å². The van der Waals surface area contributed by atoms with Gasteiger partial charge in [0.1, 0.15) is 0 Å². The zero-order chi connectivity index (χ0) is 19.6. The molecule has 2 aromatic carbocycles. The van der Waals surface area contributed by atoms with Crippen molar-refractivity contribution in [3.63, 3.8) is 0 Å². The van der Waals surface area contributed by atoms with Crippen molar-refractivity contribution in [3.05, 3.63) is 70.1 Å². The Balaban J connectivity index is 1.79. The molecule has 0 N–H and O–H groups in total. The Kier molecular flexibility index (Phi) is 5.02. The van der Waals surface area contributed by atoms with E-state index in [4.69, 9.17) is 4.52 Å². The Morgan fingerprint density at radius 2 is 1.81 bits per heavy atom. The van der Waals surface area contributed by atoms with Crippen LogP contribution in [0.1, 0.15) is 11.5 Å². The molecule has 27 heavy (non-hydrogen) atoms. The van der Waals surface area contributed by atoms with Crippen LogP contribution in [0.3, 0.4) is 0 Å². The summed E-state index contributed by atoms with van der Waals surface area (Å²) in [5.74, 6) is 0.519. The summed E-state index contributed by atoms with van der Waals surface area (Å²) >= 11 is 0. The van der Waals surface area contributed by atoms with Crippen LogP contribution in [0, 0.1) is 17.0 Å². The molecule has 0 aliphatic rings. The third-order valence-corrected chi connectivity index (χ3v) is 5.79. The molecule has 0 saturated heterocycles. The maximum Gasteiger partial charge on any atom is 0.269 e. The van der Waals surface area contributed by atoms with Gasteiger partial charge in [-0.2, -0.15) is 9.29 Å². The zero-order valence-corrected chi connectivity index (χ0v) is 15.4. The average molecular weight is 388 g/mol.